The molecule has 2 N–H and O–H groups in total. The van der Waals surface area contributed by atoms with Crippen LogP contribution in [-0.4, -0.2) is 33.0 Å². The number of amides is 1. The van der Waals surface area contributed by atoms with Crippen molar-refractivity contribution in [2.24, 2.45) is 0 Å². The van der Waals surface area contributed by atoms with Gasteiger partial charge >= 0.3 is 0 Å². The van der Waals surface area contributed by atoms with E-state index in [1.54, 1.807) is 16.4 Å². The monoisotopic (exact) mass is 435 g/mol. The van der Waals surface area contributed by atoms with Gasteiger partial charge in [-0.1, -0.05) is 49.0 Å². The van der Waals surface area contributed by atoms with Crippen molar-refractivity contribution in [3.8, 4) is 5.75 Å². The summed E-state index contributed by atoms with van der Waals surface area (Å²) in [5.74, 6) is 2.05. The topological polar surface area (TPSA) is 81.1 Å². The molecule has 0 saturated carbocycles. The number of nitrogens with zero attached hydrogens (tertiary/aromatic N) is 3. The standard InChI is InChI=1S/C23H25N5O2S/c1-4-30-18-13-9-10-16(14-18)20-19(21(29)25-17-11-7-6-8-12-17)15(3)24-22-26-23(31-5-2)27-28(20)22/h6-14,20H,4-5H2,1-3H3,(H,25,29)(H,24,26,27). The molecule has 0 spiro atoms. The summed E-state index contributed by atoms with van der Waals surface area (Å²) in [7, 11) is 0. The SMILES string of the molecule is CCOc1cccc(C2C(C(=O)Nc3ccccc3)=C(C)Nc3nc(SCC)nn32)c1. The highest BCUT2D eigenvalue weighted by molar-refractivity contribution is 7.99. The van der Waals surface area contributed by atoms with Gasteiger partial charge in [-0.3, -0.25) is 4.79 Å². The van der Waals surface area contributed by atoms with Gasteiger partial charge in [-0.25, -0.2) is 4.68 Å². The first kappa shape index (κ1) is 21.0. The molecule has 3 aromatic rings. The van der Waals surface area contributed by atoms with E-state index in [1.807, 2.05) is 68.4 Å². The van der Waals surface area contributed by atoms with Crippen molar-refractivity contribution >= 4 is 29.3 Å². The van der Waals surface area contributed by atoms with E-state index in [9.17, 15) is 4.79 Å². The summed E-state index contributed by atoms with van der Waals surface area (Å²) in [4.78, 5) is 18.0. The van der Waals surface area contributed by atoms with Crippen molar-refractivity contribution in [2.75, 3.05) is 23.0 Å². The van der Waals surface area contributed by atoms with Crippen LogP contribution in [0, 0.1) is 0 Å². The maximum atomic E-state index is 13.4. The van der Waals surface area contributed by atoms with Gasteiger partial charge in [-0.15, -0.1) is 5.10 Å². The Bertz CT molecular complexity index is 1110. The molecule has 160 valence electrons. The molecule has 7 nitrogen and oxygen atoms in total. The minimum atomic E-state index is -0.431. The number of thioether (sulfide) groups is 1. The van der Waals surface area contributed by atoms with E-state index >= 15 is 0 Å². The number of benzene rings is 2. The molecule has 4 rings (SSSR count). The van der Waals surface area contributed by atoms with Crippen molar-refractivity contribution in [1.82, 2.24) is 14.8 Å². The fraction of sp³-hybridized carbons (Fsp3) is 0.261. The Kier molecular flexibility index (Phi) is 6.27. The molecule has 1 amide bonds. The number of aromatic nitrogens is 3. The van der Waals surface area contributed by atoms with Crippen molar-refractivity contribution in [2.45, 2.75) is 32.0 Å². The van der Waals surface area contributed by atoms with E-state index in [4.69, 9.17) is 9.84 Å². The second-order valence-electron chi connectivity index (χ2n) is 6.99. The van der Waals surface area contributed by atoms with Crippen LogP contribution in [0.25, 0.3) is 0 Å². The largest absolute Gasteiger partial charge is 0.494 e. The fourth-order valence-electron chi connectivity index (χ4n) is 3.58. The highest BCUT2D eigenvalue weighted by atomic mass is 32.2. The van der Waals surface area contributed by atoms with Gasteiger partial charge in [0.2, 0.25) is 11.1 Å². The lowest BCUT2D eigenvalue weighted by atomic mass is 9.95. The predicted octanol–water partition coefficient (Wildman–Crippen LogP) is 4.72. The van der Waals surface area contributed by atoms with Crippen LogP contribution in [0.5, 0.6) is 5.75 Å². The zero-order chi connectivity index (χ0) is 21.8. The van der Waals surface area contributed by atoms with Crippen LogP contribution in [0.4, 0.5) is 11.6 Å². The summed E-state index contributed by atoms with van der Waals surface area (Å²) >= 11 is 1.56. The lowest BCUT2D eigenvalue weighted by Crippen LogP contribution is -2.31. The molecular formula is C23H25N5O2S. The van der Waals surface area contributed by atoms with Crippen molar-refractivity contribution in [3.63, 3.8) is 0 Å². The maximum absolute atomic E-state index is 13.4. The molecular weight excluding hydrogens is 410 g/mol. The van der Waals surface area contributed by atoms with Gasteiger partial charge in [0, 0.05) is 11.4 Å². The molecule has 0 fully saturated rings. The Hall–Kier alpha value is -3.26. The van der Waals surface area contributed by atoms with Gasteiger partial charge < -0.3 is 15.4 Å². The number of fused-ring (bicyclic) bond motifs is 1. The van der Waals surface area contributed by atoms with Crippen LogP contribution in [0.2, 0.25) is 0 Å². The van der Waals surface area contributed by atoms with E-state index < -0.39 is 6.04 Å². The van der Waals surface area contributed by atoms with Crippen molar-refractivity contribution in [1.29, 1.82) is 0 Å². The van der Waals surface area contributed by atoms with E-state index in [2.05, 4.69) is 22.5 Å². The predicted molar refractivity (Wildman–Crippen MR) is 124 cm³/mol. The van der Waals surface area contributed by atoms with Crippen LogP contribution in [0.15, 0.2) is 71.0 Å². The van der Waals surface area contributed by atoms with E-state index in [-0.39, 0.29) is 5.91 Å². The lowest BCUT2D eigenvalue weighted by molar-refractivity contribution is -0.113. The number of allylic oxidation sites excluding steroid dienone is 1. The van der Waals surface area contributed by atoms with Crippen LogP contribution in [-0.2, 0) is 4.79 Å². The summed E-state index contributed by atoms with van der Waals surface area (Å²) in [5.41, 5.74) is 2.97. The Morgan fingerprint density at radius 1 is 1.19 bits per heavy atom. The average Bonchev–Trinajstić information content (AvgIpc) is 3.16. The number of carbonyl (C=O) groups excluding carboxylic acids is 1. The molecule has 2 aromatic carbocycles. The van der Waals surface area contributed by atoms with Crippen LogP contribution in [0.1, 0.15) is 32.4 Å². The third kappa shape index (κ3) is 4.44. The Morgan fingerprint density at radius 2 is 2.00 bits per heavy atom. The number of hydrogen-bond donors (Lipinski definition) is 2. The highest BCUT2D eigenvalue weighted by Crippen LogP contribution is 2.37. The van der Waals surface area contributed by atoms with E-state index in [0.717, 1.165) is 28.5 Å². The molecule has 8 heteroatoms. The molecule has 0 saturated heterocycles. The minimum absolute atomic E-state index is 0.186. The van der Waals surface area contributed by atoms with Crippen LogP contribution < -0.4 is 15.4 Å². The maximum Gasteiger partial charge on any atom is 0.255 e. The third-order valence-electron chi connectivity index (χ3n) is 4.87. The summed E-state index contributed by atoms with van der Waals surface area (Å²) in [5, 5.41) is 11.6. The van der Waals surface area contributed by atoms with Gasteiger partial charge in [-0.2, -0.15) is 4.98 Å². The number of ether oxygens (including phenoxy) is 1. The fourth-order valence-corrected chi connectivity index (χ4v) is 4.14. The summed E-state index contributed by atoms with van der Waals surface area (Å²) in [6, 6.07) is 16.8. The first-order valence-electron chi connectivity index (χ1n) is 10.3. The summed E-state index contributed by atoms with van der Waals surface area (Å²) < 4.78 is 7.49. The van der Waals surface area contributed by atoms with Gasteiger partial charge in [0.1, 0.15) is 11.8 Å². The molecule has 0 radical (unpaired) electrons. The van der Waals surface area contributed by atoms with E-state index in [1.165, 1.54) is 0 Å². The van der Waals surface area contributed by atoms with Crippen molar-refractivity contribution < 1.29 is 9.53 Å². The molecule has 0 aliphatic carbocycles. The van der Waals surface area contributed by atoms with Gasteiger partial charge in [0.25, 0.3) is 5.91 Å². The molecule has 1 aromatic heterocycles. The lowest BCUT2D eigenvalue weighted by Gasteiger charge is -2.29. The minimum Gasteiger partial charge on any atom is -0.494 e. The van der Waals surface area contributed by atoms with Crippen molar-refractivity contribution in [3.05, 3.63) is 71.4 Å². The molecule has 31 heavy (non-hydrogen) atoms. The number of hydrogen-bond acceptors (Lipinski definition) is 6. The Balaban J connectivity index is 1.79. The summed E-state index contributed by atoms with van der Waals surface area (Å²) in [6.45, 7) is 6.47. The van der Waals surface area contributed by atoms with Gasteiger partial charge in [0.05, 0.1) is 12.2 Å². The molecule has 2 heterocycles. The first-order valence-corrected chi connectivity index (χ1v) is 11.3. The quantitative estimate of drug-likeness (QED) is 0.523. The first-order chi connectivity index (χ1) is 15.1. The second kappa shape index (κ2) is 9.26. The normalized spacial score (nSPS) is 15.3. The Labute approximate surface area is 185 Å². The second-order valence-corrected chi connectivity index (χ2v) is 8.22. The van der Waals surface area contributed by atoms with Crippen LogP contribution >= 0.6 is 11.8 Å². The average molecular weight is 436 g/mol. The van der Waals surface area contributed by atoms with Crippen LogP contribution in [0.3, 0.4) is 0 Å². The van der Waals surface area contributed by atoms with E-state index in [0.29, 0.717) is 23.3 Å². The molecule has 1 atom stereocenters. The zero-order valence-corrected chi connectivity index (χ0v) is 18.6. The third-order valence-corrected chi connectivity index (χ3v) is 5.59. The van der Waals surface area contributed by atoms with Gasteiger partial charge in [0.15, 0.2) is 0 Å². The zero-order valence-electron chi connectivity index (χ0n) is 17.8. The number of carbonyl (C=O) groups is 1. The summed E-state index contributed by atoms with van der Waals surface area (Å²) in [6.07, 6.45) is 0. The molecule has 1 aliphatic heterocycles. The van der Waals surface area contributed by atoms with Gasteiger partial charge in [-0.05, 0) is 49.4 Å². The molecule has 1 unspecified atom stereocenters. The smallest absolute Gasteiger partial charge is 0.255 e. The number of para-hydroxylation sites is 1. The number of anilines is 2. The number of nitrogens with one attached hydrogen (secondary N) is 2. The molecule has 1 aliphatic rings. The number of rotatable bonds is 7. The molecule has 0 bridgehead atoms. The Morgan fingerprint density at radius 3 is 2.74 bits per heavy atom. The highest BCUT2D eigenvalue weighted by Gasteiger charge is 2.34.